The van der Waals surface area contributed by atoms with Crippen LogP contribution in [0.3, 0.4) is 0 Å². The molecule has 0 aliphatic carbocycles. The molecule has 0 N–H and O–H groups in total. The molecular weight excluding hydrogens is 414 g/mol. The Morgan fingerprint density at radius 2 is 1.21 bits per heavy atom. The second-order valence-corrected chi connectivity index (χ2v) is 11.2. The molecule has 2 unspecified atom stereocenters. The van der Waals surface area contributed by atoms with Crippen molar-refractivity contribution in [2.45, 2.75) is 136 Å². The van der Waals surface area contributed by atoms with Crippen LogP contribution in [0.4, 0.5) is 0 Å². The number of aliphatic carboxylic acids is 1. The van der Waals surface area contributed by atoms with Crippen molar-refractivity contribution in [1.82, 2.24) is 0 Å². The molecule has 0 radical (unpaired) electrons. The number of carbonyl (C=O) groups excluding carboxylic acids is 2. The Hall–Kier alpha value is -1.10. The molecule has 0 aromatic rings. The van der Waals surface area contributed by atoms with E-state index in [1.165, 1.54) is 83.5 Å². The number of carboxylic acid groups (broad SMARTS) is 1. The molecule has 0 saturated carbocycles. The van der Waals surface area contributed by atoms with E-state index in [9.17, 15) is 14.7 Å². The van der Waals surface area contributed by atoms with Crippen molar-refractivity contribution in [3.05, 3.63) is 0 Å². The average molecular weight is 470 g/mol. The Morgan fingerprint density at radius 3 is 1.67 bits per heavy atom. The lowest BCUT2D eigenvalue weighted by atomic mass is 9.96. The van der Waals surface area contributed by atoms with Crippen LogP contribution in [0.25, 0.3) is 0 Å². The number of likely N-dealkylation sites (N-methyl/N-ethyl adjacent to an activating group) is 1. The number of rotatable bonds is 23. The van der Waals surface area contributed by atoms with Gasteiger partial charge in [0.2, 0.25) is 0 Å². The maximum Gasteiger partial charge on any atom is 0.306 e. The monoisotopic (exact) mass is 469 g/mol. The number of unbranched alkanes of at least 4 members (excludes halogenated alkanes) is 12. The van der Waals surface area contributed by atoms with Crippen molar-refractivity contribution >= 4 is 11.9 Å². The summed E-state index contributed by atoms with van der Waals surface area (Å²) in [5.74, 6) is -0.595. The van der Waals surface area contributed by atoms with Gasteiger partial charge in [0.25, 0.3) is 0 Å². The molecule has 0 aliphatic rings. The van der Waals surface area contributed by atoms with E-state index in [-0.39, 0.29) is 12.4 Å². The molecule has 5 nitrogen and oxygen atoms in total. The van der Waals surface area contributed by atoms with Crippen LogP contribution in [0.15, 0.2) is 0 Å². The molecule has 2 atom stereocenters. The molecule has 0 aromatic heterocycles. The standard InChI is InChI=1S/C28H55NO4/c1-6-7-8-9-11-14-17-20-25(2)21-18-15-12-10-13-16-19-22-28(32)33-26(23-27(30)31)24-29(3,4)5/h25-26H,6-24H2,1-5H3. The molecule has 0 aromatic carbocycles. The van der Waals surface area contributed by atoms with E-state index in [1.807, 2.05) is 21.1 Å². The molecule has 0 spiro atoms. The van der Waals surface area contributed by atoms with Gasteiger partial charge in [0, 0.05) is 18.8 Å². The van der Waals surface area contributed by atoms with Crippen LogP contribution < -0.4 is 5.11 Å². The summed E-state index contributed by atoms with van der Waals surface area (Å²) in [6, 6.07) is 0. The molecule has 0 amide bonds. The summed E-state index contributed by atoms with van der Waals surface area (Å²) in [5, 5.41) is 10.9. The predicted molar refractivity (Wildman–Crippen MR) is 136 cm³/mol. The SMILES string of the molecule is CCCCCCCCCC(C)CCCCCCCCCC(=O)OC(CC(=O)[O-])C[N+](C)(C)C. The molecule has 196 valence electrons. The third kappa shape index (κ3) is 23.8. The van der Waals surface area contributed by atoms with Crippen LogP contribution in [0.2, 0.25) is 0 Å². The molecule has 0 bridgehead atoms. The number of hydrogen-bond donors (Lipinski definition) is 0. The van der Waals surface area contributed by atoms with Gasteiger partial charge >= 0.3 is 5.97 Å². The van der Waals surface area contributed by atoms with Gasteiger partial charge in [-0.1, -0.05) is 110 Å². The van der Waals surface area contributed by atoms with Crippen molar-refractivity contribution in [1.29, 1.82) is 0 Å². The first-order valence-corrected chi connectivity index (χ1v) is 13.8. The van der Waals surface area contributed by atoms with E-state index in [0.29, 0.717) is 17.4 Å². The van der Waals surface area contributed by atoms with Crippen molar-refractivity contribution in [2.24, 2.45) is 5.92 Å². The summed E-state index contributed by atoms with van der Waals surface area (Å²) in [6.45, 7) is 5.15. The van der Waals surface area contributed by atoms with Crippen molar-refractivity contribution < 1.29 is 23.9 Å². The van der Waals surface area contributed by atoms with Gasteiger partial charge < -0.3 is 19.1 Å². The molecule has 0 fully saturated rings. The first-order valence-electron chi connectivity index (χ1n) is 13.8. The normalized spacial score (nSPS) is 13.6. The topological polar surface area (TPSA) is 66.4 Å². The molecule has 0 saturated heterocycles. The number of quaternary nitrogens is 1. The fourth-order valence-corrected chi connectivity index (χ4v) is 4.43. The number of carbonyl (C=O) groups is 2. The molecule has 0 rings (SSSR count). The highest BCUT2D eigenvalue weighted by Crippen LogP contribution is 2.19. The molecular formula is C28H55NO4. The van der Waals surface area contributed by atoms with Crippen LogP contribution in [0.5, 0.6) is 0 Å². The maximum atomic E-state index is 12.1. The minimum absolute atomic E-state index is 0.237. The van der Waals surface area contributed by atoms with Gasteiger partial charge in [-0.15, -0.1) is 0 Å². The summed E-state index contributed by atoms with van der Waals surface area (Å²) in [4.78, 5) is 23.0. The summed E-state index contributed by atoms with van der Waals surface area (Å²) >= 11 is 0. The first-order chi connectivity index (χ1) is 15.6. The second kappa shape index (κ2) is 20.3. The fraction of sp³-hybridized carbons (Fsp3) is 0.929. The number of carboxylic acids is 1. The fourth-order valence-electron chi connectivity index (χ4n) is 4.43. The Balaban J connectivity index is 3.61. The van der Waals surface area contributed by atoms with Crippen LogP contribution in [0.1, 0.15) is 129 Å². The Kier molecular flexibility index (Phi) is 19.6. The van der Waals surface area contributed by atoms with E-state index in [2.05, 4.69) is 13.8 Å². The van der Waals surface area contributed by atoms with Gasteiger partial charge in [-0.3, -0.25) is 4.79 Å². The first kappa shape index (κ1) is 31.9. The Bertz CT molecular complexity index is 487. The van der Waals surface area contributed by atoms with E-state index in [1.54, 1.807) is 0 Å². The second-order valence-electron chi connectivity index (χ2n) is 11.2. The molecule has 33 heavy (non-hydrogen) atoms. The van der Waals surface area contributed by atoms with Gasteiger partial charge in [-0.2, -0.15) is 0 Å². The average Bonchev–Trinajstić information content (AvgIpc) is 2.70. The Morgan fingerprint density at radius 1 is 0.758 bits per heavy atom. The van der Waals surface area contributed by atoms with Gasteiger partial charge in [0.05, 0.1) is 21.1 Å². The highest BCUT2D eigenvalue weighted by Gasteiger charge is 2.22. The minimum Gasteiger partial charge on any atom is -0.550 e. The smallest absolute Gasteiger partial charge is 0.306 e. The van der Waals surface area contributed by atoms with Crippen LogP contribution >= 0.6 is 0 Å². The van der Waals surface area contributed by atoms with Gasteiger partial charge in [0.1, 0.15) is 6.54 Å². The highest BCUT2D eigenvalue weighted by molar-refractivity contribution is 5.70. The summed E-state index contributed by atoms with van der Waals surface area (Å²) in [5.41, 5.74) is 0. The number of hydrogen-bond acceptors (Lipinski definition) is 4. The van der Waals surface area contributed by atoms with Crippen molar-refractivity contribution in [3.8, 4) is 0 Å². The van der Waals surface area contributed by atoms with E-state index in [4.69, 9.17) is 4.74 Å². The quantitative estimate of drug-likeness (QED) is 0.104. The van der Waals surface area contributed by atoms with Gasteiger partial charge in [-0.25, -0.2) is 0 Å². The lowest BCUT2D eigenvalue weighted by Crippen LogP contribution is -2.45. The lowest BCUT2D eigenvalue weighted by molar-refractivity contribution is -0.873. The molecule has 5 heteroatoms. The van der Waals surface area contributed by atoms with Crippen LogP contribution in [0, 0.1) is 5.92 Å². The largest absolute Gasteiger partial charge is 0.550 e. The summed E-state index contributed by atoms with van der Waals surface area (Å²) in [6.07, 6.45) is 20.2. The van der Waals surface area contributed by atoms with Crippen molar-refractivity contribution in [2.75, 3.05) is 27.7 Å². The zero-order chi connectivity index (χ0) is 25.0. The number of ether oxygens (including phenoxy) is 1. The minimum atomic E-state index is -1.17. The van der Waals surface area contributed by atoms with Gasteiger partial charge in [-0.05, 0) is 12.3 Å². The Labute approximate surface area is 205 Å². The highest BCUT2D eigenvalue weighted by atomic mass is 16.5. The summed E-state index contributed by atoms with van der Waals surface area (Å²) in [7, 11) is 5.85. The zero-order valence-electron chi connectivity index (χ0n) is 22.7. The van der Waals surface area contributed by atoms with Crippen LogP contribution in [-0.2, 0) is 14.3 Å². The van der Waals surface area contributed by atoms with Gasteiger partial charge in [0.15, 0.2) is 6.10 Å². The summed E-state index contributed by atoms with van der Waals surface area (Å²) < 4.78 is 5.95. The number of esters is 1. The van der Waals surface area contributed by atoms with E-state index in [0.717, 1.165) is 25.2 Å². The third-order valence-electron chi connectivity index (χ3n) is 6.32. The molecule has 0 aliphatic heterocycles. The molecule has 0 heterocycles. The zero-order valence-corrected chi connectivity index (χ0v) is 22.7. The number of nitrogens with zero attached hydrogens (tertiary/aromatic N) is 1. The van der Waals surface area contributed by atoms with Crippen molar-refractivity contribution in [3.63, 3.8) is 0 Å². The third-order valence-corrected chi connectivity index (χ3v) is 6.32. The predicted octanol–water partition coefficient (Wildman–Crippen LogP) is 6.03. The van der Waals surface area contributed by atoms with Crippen LogP contribution in [-0.4, -0.2) is 50.2 Å². The van der Waals surface area contributed by atoms with E-state index < -0.39 is 12.1 Å². The lowest BCUT2D eigenvalue weighted by Gasteiger charge is -2.29. The van der Waals surface area contributed by atoms with E-state index >= 15 is 0 Å². The maximum absolute atomic E-state index is 12.1.